The number of hydrogen-bond donors (Lipinski definition) is 0. The Morgan fingerprint density at radius 3 is 2.68 bits per heavy atom. The number of nitrogens with zero attached hydrogens (tertiary/aromatic N) is 1. The largest absolute Gasteiger partial charge is 0.490 e. The predicted octanol–water partition coefficient (Wildman–Crippen LogP) is 5.89. The van der Waals surface area contributed by atoms with Crippen LogP contribution in [0.15, 0.2) is 47.4 Å². The summed E-state index contributed by atoms with van der Waals surface area (Å²) in [4.78, 5) is 26.4. The van der Waals surface area contributed by atoms with Crippen LogP contribution in [-0.2, 0) is 11.3 Å². The first kappa shape index (κ1) is 20.4. The van der Waals surface area contributed by atoms with Crippen molar-refractivity contribution in [2.45, 2.75) is 32.9 Å². The summed E-state index contributed by atoms with van der Waals surface area (Å²) in [6, 6.07) is 11.6. The highest BCUT2D eigenvalue weighted by Crippen LogP contribution is 2.36. The molecule has 28 heavy (non-hydrogen) atoms. The van der Waals surface area contributed by atoms with Crippen LogP contribution in [0, 0.1) is 5.82 Å². The number of rotatable bonds is 6. The minimum Gasteiger partial charge on any atom is -0.490 e. The van der Waals surface area contributed by atoms with Crippen LogP contribution in [0.2, 0.25) is 5.02 Å². The third-order valence-electron chi connectivity index (χ3n) is 4.36. The third kappa shape index (κ3) is 4.39. The van der Waals surface area contributed by atoms with Crippen LogP contribution in [0.4, 0.5) is 9.18 Å². The van der Waals surface area contributed by atoms with Gasteiger partial charge in [-0.05, 0) is 49.4 Å². The minimum absolute atomic E-state index is 0.0211. The van der Waals surface area contributed by atoms with Gasteiger partial charge in [-0.2, -0.15) is 0 Å². The maximum absolute atomic E-state index is 14.0. The van der Waals surface area contributed by atoms with Gasteiger partial charge in [-0.3, -0.25) is 14.5 Å². The molecule has 0 spiro atoms. The van der Waals surface area contributed by atoms with Crippen LogP contribution in [-0.4, -0.2) is 22.2 Å². The summed E-state index contributed by atoms with van der Waals surface area (Å²) in [5.74, 6) is -0.392. The minimum atomic E-state index is -0.553. The molecular formula is C21H19ClFNO3S. The van der Waals surface area contributed by atoms with Crippen LogP contribution in [0.5, 0.6) is 5.75 Å². The quantitative estimate of drug-likeness (QED) is 0.547. The molecule has 146 valence electrons. The number of carbonyl (C=O) groups is 2. The molecule has 0 aromatic heterocycles. The lowest BCUT2D eigenvalue weighted by Crippen LogP contribution is -2.28. The van der Waals surface area contributed by atoms with Gasteiger partial charge in [-0.25, -0.2) is 4.39 Å². The highest BCUT2D eigenvalue weighted by molar-refractivity contribution is 8.18. The van der Waals surface area contributed by atoms with E-state index in [-0.39, 0.29) is 28.1 Å². The molecule has 0 aliphatic carbocycles. The smallest absolute Gasteiger partial charge is 0.293 e. The van der Waals surface area contributed by atoms with E-state index >= 15 is 0 Å². The van der Waals surface area contributed by atoms with E-state index in [1.54, 1.807) is 6.08 Å². The molecule has 3 rings (SSSR count). The average molecular weight is 420 g/mol. The van der Waals surface area contributed by atoms with Crippen molar-refractivity contribution in [3.05, 3.63) is 69.3 Å². The first-order valence-electron chi connectivity index (χ1n) is 8.84. The number of ether oxygens (including phenoxy) is 1. The fourth-order valence-corrected chi connectivity index (χ4v) is 3.68. The summed E-state index contributed by atoms with van der Waals surface area (Å²) in [6.07, 6.45) is 2.49. The van der Waals surface area contributed by atoms with Crippen molar-refractivity contribution in [1.82, 2.24) is 4.90 Å². The van der Waals surface area contributed by atoms with Crippen LogP contribution in [0.25, 0.3) is 6.08 Å². The van der Waals surface area contributed by atoms with E-state index in [9.17, 15) is 14.0 Å². The standard InChI is InChI=1S/C21H19ClFNO3S/c1-3-13(2)27-18-10-5-4-7-14(18)11-19-20(25)24(21(26)28-19)12-15-16(22)8-6-9-17(15)23/h4-11,13H,3,12H2,1-2H3/b19-11+/t13-/m0/s1. The molecule has 1 fully saturated rings. The number of amides is 2. The van der Waals surface area contributed by atoms with Crippen LogP contribution < -0.4 is 4.74 Å². The van der Waals surface area contributed by atoms with Gasteiger partial charge in [0.05, 0.1) is 17.6 Å². The summed E-state index contributed by atoms with van der Waals surface area (Å²) >= 11 is 6.84. The van der Waals surface area contributed by atoms with Crippen molar-refractivity contribution in [2.75, 3.05) is 0 Å². The van der Waals surface area contributed by atoms with Crippen molar-refractivity contribution in [2.24, 2.45) is 0 Å². The summed E-state index contributed by atoms with van der Waals surface area (Å²) in [7, 11) is 0. The van der Waals surface area contributed by atoms with Gasteiger partial charge in [-0.1, -0.05) is 42.8 Å². The lowest BCUT2D eigenvalue weighted by atomic mass is 10.1. The van der Waals surface area contributed by atoms with E-state index in [2.05, 4.69) is 0 Å². The number of halogens is 2. The second kappa shape index (κ2) is 8.80. The van der Waals surface area contributed by atoms with Gasteiger partial charge in [0.1, 0.15) is 11.6 Å². The molecule has 0 bridgehead atoms. The molecule has 1 aliphatic heterocycles. The maximum Gasteiger partial charge on any atom is 0.293 e. The van der Waals surface area contributed by atoms with Gasteiger partial charge in [0.15, 0.2) is 0 Å². The van der Waals surface area contributed by atoms with Gasteiger partial charge in [0.2, 0.25) is 0 Å². The number of para-hydroxylation sites is 1. The molecule has 0 N–H and O–H groups in total. The Hall–Kier alpha value is -2.31. The Balaban J connectivity index is 1.86. The second-order valence-corrected chi connectivity index (χ2v) is 7.74. The first-order chi connectivity index (χ1) is 13.4. The van der Waals surface area contributed by atoms with Crippen molar-refractivity contribution < 1.29 is 18.7 Å². The highest BCUT2D eigenvalue weighted by Gasteiger charge is 2.36. The molecule has 1 heterocycles. The molecule has 0 radical (unpaired) electrons. The van der Waals surface area contributed by atoms with Crippen molar-refractivity contribution in [1.29, 1.82) is 0 Å². The highest BCUT2D eigenvalue weighted by atomic mass is 35.5. The van der Waals surface area contributed by atoms with Crippen molar-refractivity contribution >= 4 is 40.6 Å². The number of benzene rings is 2. The fraction of sp³-hybridized carbons (Fsp3) is 0.238. The molecule has 1 atom stereocenters. The number of hydrogen-bond acceptors (Lipinski definition) is 4. The van der Waals surface area contributed by atoms with Gasteiger partial charge >= 0.3 is 0 Å². The SMILES string of the molecule is CC[C@H](C)Oc1ccccc1/C=C1/SC(=O)N(Cc2c(F)cccc2Cl)C1=O. The Labute approximate surface area is 172 Å². The van der Waals surface area contributed by atoms with Crippen LogP contribution >= 0.6 is 23.4 Å². The predicted molar refractivity (Wildman–Crippen MR) is 110 cm³/mol. The lowest BCUT2D eigenvalue weighted by molar-refractivity contribution is -0.123. The first-order valence-corrected chi connectivity index (χ1v) is 10.0. The van der Waals surface area contributed by atoms with E-state index in [1.807, 2.05) is 38.1 Å². The van der Waals surface area contributed by atoms with E-state index in [0.29, 0.717) is 11.3 Å². The van der Waals surface area contributed by atoms with Gasteiger partial charge in [0, 0.05) is 16.1 Å². The van der Waals surface area contributed by atoms with E-state index in [0.717, 1.165) is 23.1 Å². The molecule has 2 aromatic carbocycles. The number of imide groups is 1. The second-order valence-electron chi connectivity index (χ2n) is 6.34. The molecule has 7 heteroatoms. The Bertz CT molecular complexity index is 927. The van der Waals surface area contributed by atoms with Crippen LogP contribution in [0.1, 0.15) is 31.4 Å². The molecule has 0 unspecified atom stereocenters. The van der Waals surface area contributed by atoms with Gasteiger partial charge in [0.25, 0.3) is 11.1 Å². The zero-order valence-corrected chi connectivity index (χ0v) is 17.0. The van der Waals surface area contributed by atoms with Crippen LogP contribution in [0.3, 0.4) is 0 Å². The summed E-state index contributed by atoms with van der Waals surface area (Å²) in [5, 5.41) is -0.286. The molecule has 0 saturated carbocycles. The monoisotopic (exact) mass is 419 g/mol. The summed E-state index contributed by atoms with van der Waals surface area (Å²) in [5.41, 5.74) is 0.824. The molecule has 1 aliphatic rings. The summed E-state index contributed by atoms with van der Waals surface area (Å²) in [6.45, 7) is 3.77. The summed E-state index contributed by atoms with van der Waals surface area (Å²) < 4.78 is 19.9. The Kier molecular flexibility index (Phi) is 6.42. The number of thioether (sulfide) groups is 1. The molecule has 4 nitrogen and oxygen atoms in total. The van der Waals surface area contributed by atoms with Gasteiger partial charge in [-0.15, -0.1) is 0 Å². The average Bonchev–Trinajstić information content (AvgIpc) is 2.93. The van der Waals surface area contributed by atoms with E-state index in [4.69, 9.17) is 16.3 Å². The zero-order chi connectivity index (χ0) is 20.3. The lowest BCUT2D eigenvalue weighted by Gasteiger charge is -2.15. The molecular weight excluding hydrogens is 401 g/mol. The van der Waals surface area contributed by atoms with E-state index < -0.39 is 17.0 Å². The Morgan fingerprint density at radius 2 is 1.96 bits per heavy atom. The number of carbonyl (C=O) groups excluding carboxylic acids is 2. The van der Waals surface area contributed by atoms with Gasteiger partial charge < -0.3 is 4.74 Å². The maximum atomic E-state index is 14.0. The van der Waals surface area contributed by atoms with Crippen molar-refractivity contribution in [3.63, 3.8) is 0 Å². The van der Waals surface area contributed by atoms with E-state index in [1.165, 1.54) is 18.2 Å². The fourth-order valence-electron chi connectivity index (χ4n) is 2.63. The third-order valence-corrected chi connectivity index (χ3v) is 5.62. The Morgan fingerprint density at radius 1 is 1.21 bits per heavy atom. The molecule has 2 amide bonds. The molecule has 2 aromatic rings. The topological polar surface area (TPSA) is 46.6 Å². The zero-order valence-electron chi connectivity index (χ0n) is 15.4. The van der Waals surface area contributed by atoms with Crippen molar-refractivity contribution in [3.8, 4) is 5.75 Å². The normalized spacial score (nSPS) is 16.7. The molecule has 1 saturated heterocycles.